The second-order valence-corrected chi connectivity index (χ2v) is 6.81. The molecule has 1 N–H and O–H groups in total. The summed E-state index contributed by atoms with van der Waals surface area (Å²) in [5.74, 6) is -1.53. The maximum absolute atomic E-state index is 13.0. The summed E-state index contributed by atoms with van der Waals surface area (Å²) in [6.45, 7) is 2.28. The third kappa shape index (κ3) is 3.43. The van der Waals surface area contributed by atoms with Gasteiger partial charge in [-0.2, -0.15) is 0 Å². The molecule has 8 heteroatoms. The van der Waals surface area contributed by atoms with Crippen molar-refractivity contribution in [3.8, 4) is 5.75 Å². The van der Waals surface area contributed by atoms with E-state index in [-0.39, 0.29) is 17.6 Å². The summed E-state index contributed by atoms with van der Waals surface area (Å²) in [5.41, 5.74) is -0.232. The molecule has 1 saturated carbocycles. The molecule has 0 bridgehead atoms. The van der Waals surface area contributed by atoms with Crippen LogP contribution in [0.15, 0.2) is 24.3 Å². The van der Waals surface area contributed by atoms with Gasteiger partial charge in [0.15, 0.2) is 0 Å². The Balaban J connectivity index is 1.80. The molecule has 1 aliphatic carbocycles. The minimum absolute atomic E-state index is 0.100. The van der Waals surface area contributed by atoms with E-state index >= 15 is 0 Å². The SMILES string of the molecule is C[C@@H]1C[C@@H](C(=O)O)N(C(=O)C2(c3ccc(OC(F)(F)F)cc3)CC2)C1. The topological polar surface area (TPSA) is 66.8 Å². The Bertz CT molecular complexity index is 682. The number of alkyl halides is 3. The number of amides is 1. The first-order valence-electron chi connectivity index (χ1n) is 8.02. The van der Waals surface area contributed by atoms with Crippen LogP contribution in [0.5, 0.6) is 5.75 Å². The predicted molar refractivity (Wildman–Crippen MR) is 81.0 cm³/mol. The molecule has 2 atom stereocenters. The van der Waals surface area contributed by atoms with Crippen LogP contribution in [0.1, 0.15) is 31.7 Å². The minimum Gasteiger partial charge on any atom is -0.480 e. The van der Waals surface area contributed by atoms with E-state index in [4.69, 9.17) is 0 Å². The van der Waals surface area contributed by atoms with Gasteiger partial charge in [-0.3, -0.25) is 4.79 Å². The van der Waals surface area contributed by atoms with Crippen LogP contribution in [0, 0.1) is 5.92 Å². The van der Waals surface area contributed by atoms with Gasteiger partial charge < -0.3 is 14.7 Å². The Labute approximate surface area is 142 Å². The van der Waals surface area contributed by atoms with Crippen LogP contribution < -0.4 is 4.74 Å². The van der Waals surface area contributed by atoms with E-state index in [2.05, 4.69) is 4.74 Å². The molecule has 0 spiro atoms. The maximum Gasteiger partial charge on any atom is 0.573 e. The summed E-state index contributed by atoms with van der Waals surface area (Å²) >= 11 is 0. The lowest BCUT2D eigenvalue weighted by atomic mass is 9.94. The van der Waals surface area contributed by atoms with E-state index in [9.17, 15) is 27.9 Å². The molecule has 25 heavy (non-hydrogen) atoms. The van der Waals surface area contributed by atoms with E-state index in [0.29, 0.717) is 31.4 Å². The van der Waals surface area contributed by atoms with Gasteiger partial charge in [0.2, 0.25) is 5.91 Å². The van der Waals surface area contributed by atoms with Crippen molar-refractivity contribution in [2.45, 2.75) is 44.0 Å². The zero-order valence-electron chi connectivity index (χ0n) is 13.5. The molecule has 0 radical (unpaired) electrons. The van der Waals surface area contributed by atoms with E-state index in [1.807, 2.05) is 6.92 Å². The van der Waals surface area contributed by atoms with Crippen molar-refractivity contribution in [1.82, 2.24) is 4.90 Å². The summed E-state index contributed by atoms with van der Waals surface area (Å²) in [4.78, 5) is 25.8. The molecule has 0 unspecified atom stereocenters. The van der Waals surface area contributed by atoms with Crippen molar-refractivity contribution in [2.24, 2.45) is 5.92 Å². The lowest BCUT2D eigenvalue weighted by Crippen LogP contribution is -2.45. The third-order valence-electron chi connectivity index (χ3n) is 4.86. The number of carbonyl (C=O) groups is 2. The molecule has 3 rings (SSSR count). The molecule has 136 valence electrons. The van der Waals surface area contributed by atoms with Crippen molar-refractivity contribution in [2.75, 3.05) is 6.54 Å². The average Bonchev–Trinajstić information content (AvgIpc) is 3.22. The van der Waals surface area contributed by atoms with Gasteiger partial charge in [-0.15, -0.1) is 13.2 Å². The average molecular weight is 357 g/mol. The van der Waals surface area contributed by atoms with Crippen molar-refractivity contribution < 1.29 is 32.6 Å². The molecule has 0 aromatic heterocycles. The van der Waals surface area contributed by atoms with Gasteiger partial charge in [-0.25, -0.2) is 4.79 Å². The van der Waals surface area contributed by atoms with E-state index in [1.165, 1.54) is 29.2 Å². The molecule has 5 nitrogen and oxygen atoms in total. The first kappa shape index (κ1) is 17.6. The Morgan fingerprint density at radius 3 is 2.32 bits per heavy atom. The summed E-state index contributed by atoms with van der Waals surface area (Å²) in [6.07, 6.45) is -3.24. The summed E-state index contributed by atoms with van der Waals surface area (Å²) in [5, 5.41) is 9.33. The molecule has 1 aromatic carbocycles. The van der Waals surface area contributed by atoms with Gasteiger partial charge in [-0.1, -0.05) is 19.1 Å². The van der Waals surface area contributed by atoms with Crippen LogP contribution in [-0.2, 0) is 15.0 Å². The lowest BCUT2D eigenvalue weighted by molar-refractivity contribution is -0.274. The molecule has 2 aliphatic rings. The fraction of sp³-hybridized carbons (Fsp3) is 0.529. The van der Waals surface area contributed by atoms with E-state index in [1.54, 1.807) is 0 Å². The number of nitrogens with zero attached hydrogens (tertiary/aromatic N) is 1. The molecule has 1 aromatic rings. The second kappa shape index (κ2) is 5.93. The monoisotopic (exact) mass is 357 g/mol. The van der Waals surface area contributed by atoms with E-state index < -0.39 is 23.8 Å². The Kier molecular flexibility index (Phi) is 4.17. The predicted octanol–water partition coefficient (Wildman–Crippen LogP) is 2.94. The van der Waals surface area contributed by atoms with Crippen LogP contribution in [0.2, 0.25) is 0 Å². The zero-order chi connectivity index (χ0) is 18.4. The number of hydrogen-bond donors (Lipinski definition) is 1. The number of carboxylic acids is 1. The van der Waals surface area contributed by atoms with Crippen LogP contribution >= 0.6 is 0 Å². The molecular weight excluding hydrogens is 339 g/mol. The number of aliphatic carboxylic acids is 1. The first-order chi connectivity index (χ1) is 11.6. The van der Waals surface area contributed by atoms with Gasteiger partial charge in [-0.05, 0) is 42.9 Å². The van der Waals surface area contributed by atoms with Crippen molar-refractivity contribution in [3.63, 3.8) is 0 Å². The normalized spacial score (nSPS) is 24.9. The van der Waals surface area contributed by atoms with Crippen LogP contribution in [0.3, 0.4) is 0 Å². The number of hydrogen-bond acceptors (Lipinski definition) is 3. The van der Waals surface area contributed by atoms with Crippen molar-refractivity contribution >= 4 is 11.9 Å². The van der Waals surface area contributed by atoms with Gasteiger partial charge in [0.05, 0.1) is 5.41 Å². The molecule has 1 heterocycles. The van der Waals surface area contributed by atoms with Crippen LogP contribution in [-0.4, -0.2) is 40.8 Å². The standard InChI is InChI=1S/C17H18F3NO4/c1-10-8-13(14(22)23)21(9-10)15(24)16(6-7-16)11-2-4-12(5-3-11)25-17(18,19)20/h2-5,10,13H,6-9H2,1H3,(H,22,23)/t10-,13+/m1/s1. The van der Waals surface area contributed by atoms with Gasteiger partial charge in [0, 0.05) is 6.54 Å². The number of rotatable bonds is 4. The first-order valence-corrected chi connectivity index (χ1v) is 8.02. The Hall–Kier alpha value is -2.25. The maximum atomic E-state index is 13.0. The third-order valence-corrected chi connectivity index (χ3v) is 4.86. The number of benzene rings is 1. The van der Waals surface area contributed by atoms with Crippen molar-refractivity contribution in [3.05, 3.63) is 29.8 Å². The molecule has 1 amide bonds. The quantitative estimate of drug-likeness (QED) is 0.900. The highest BCUT2D eigenvalue weighted by Crippen LogP contribution is 2.51. The van der Waals surface area contributed by atoms with E-state index in [0.717, 1.165) is 0 Å². The highest BCUT2D eigenvalue weighted by Gasteiger charge is 2.55. The molecule has 1 saturated heterocycles. The fourth-order valence-electron chi connectivity index (χ4n) is 3.51. The second-order valence-electron chi connectivity index (χ2n) is 6.81. The molecular formula is C17H18F3NO4. The lowest BCUT2D eigenvalue weighted by Gasteiger charge is -2.27. The Morgan fingerprint density at radius 1 is 1.24 bits per heavy atom. The highest BCUT2D eigenvalue weighted by atomic mass is 19.4. The highest BCUT2D eigenvalue weighted by molar-refractivity contribution is 5.94. The smallest absolute Gasteiger partial charge is 0.480 e. The van der Waals surface area contributed by atoms with Crippen LogP contribution in [0.4, 0.5) is 13.2 Å². The van der Waals surface area contributed by atoms with Crippen molar-refractivity contribution in [1.29, 1.82) is 0 Å². The number of carbonyl (C=O) groups excluding carboxylic acids is 1. The largest absolute Gasteiger partial charge is 0.573 e. The zero-order valence-corrected chi connectivity index (χ0v) is 13.5. The van der Waals surface area contributed by atoms with Gasteiger partial charge >= 0.3 is 12.3 Å². The Morgan fingerprint density at radius 2 is 1.84 bits per heavy atom. The van der Waals surface area contributed by atoms with Gasteiger partial charge in [0.1, 0.15) is 11.8 Å². The summed E-state index contributed by atoms with van der Waals surface area (Å²) in [6, 6.07) is 4.41. The number of halogens is 3. The molecule has 2 fully saturated rings. The molecule has 1 aliphatic heterocycles. The fourth-order valence-corrected chi connectivity index (χ4v) is 3.51. The van der Waals surface area contributed by atoms with Crippen LogP contribution in [0.25, 0.3) is 0 Å². The minimum atomic E-state index is -4.77. The number of likely N-dealkylation sites (tertiary alicyclic amines) is 1. The van der Waals surface area contributed by atoms with Gasteiger partial charge in [0.25, 0.3) is 0 Å². The summed E-state index contributed by atoms with van der Waals surface area (Å²) < 4.78 is 40.6. The number of ether oxygens (including phenoxy) is 1. The summed E-state index contributed by atoms with van der Waals surface area (Å²) in [7, 11) is 0. The number of carboxylic acid groups (broad SMARTS) is 1.